The minimum Gasteiger partial charge on any atom is -0.462 e. The van der Waals surface area contributed by atoms with Gasteiger partial charge in [0.2, 0.25) is 0 Å². The first-order valence-electron chi connectivity index (χ1n) is 23.5. The molecule has 316 valence electrons. The van der Waals surface area contributed by atoms with Gasteiger partial charge in [-0.25, -0.2) is 0 Å². The van der Waals surface area contributed by atoms with E-state index in [1.807, 2.05) is 0 Å². The van der Waals surface area contributed by atoms with Gasteiger partial charge in [0.1, 0.15) is 6.61 Å². The zero-order valence-corrected chi connectivity index (χ0v) is 36.2. The van der Waals surface area contributed by atoms with Crippen LogP contribution in [-0.2, 0) is 23.8 Å². The van der Waals surface area contributed by atoms with E-state index in [1.165, 1.54) is 141 Å². The van der Waals surface area contributed by atoms with Crippen LogP contribution in [-0.4, -0.2) is 37.9 Å². The lowest BCUT2D eigenvalue weighted by Crippen LogP contribution is -2.30. The van der Waals surface area contributed by atoms with E-state index in [2.05, 4.69) is 57.2 Å². The van der Waals surface area contributed by atoms with Crippen molar-refractivity contribution in [1.82, 2.24) is 0 Å². The molecule has 0 saturated carbocycles. The van der Waals surface area contributed by atoms with Crippen molar-refractivity contribution in [2.75, 3.05) is 19.8 Å². The highest BCUT2D eigenvalue weighted by atomic mass is 16.6. The average molecular weight is 759 g/mol. The summed E-state index contributed by atoms with van der Waals surface area (Å²) in [6.07, 6.45) is 52.8. The Labute approximate surface area is 336 Å². The van der Waals surface area contributed by atoms with E-state index in [4.69, 9.17) is 14.2 Å². The van der Waals surface area contributed by atoms with Gasteiger partial charge >= 0.3 is 11.9 Å². The van der Waals surface area contributed by atoms with Crippen molar-refractivity contribution in [2.24, 2.45) is 0 Å². The fourth-order valence-corrected chi connectivity index (χ4v) is 6.70. The van der Waals surface area contributed by atoms with Crippen molar-refractivity contribution in [2.45, 2.75) is 245 Å². The third-order valence-corrected chi connectivity index (χ3v) is 10.2. The molecule has 1 unspecified atom stereocenters. The van der Waals surface area contributed by atoms with Crippen LogP contribution in [0.1, 0.15) is 239 Å². The predicted molar refractivity (Wildman–Crippen MR) is 233 cm³/mol. The molecule has 5 nitrogen and oxygen atoms in total. The van der Waals surface area contributed by atoms with Gasteiger partial charge in [0.15, 0.2) is 6.10 Å². The fourth-order valence-electron chi connectivity index (χ4n) is 6.70. The molecule has 0 saturated heterocycles. The second kappa shape index (κ2) is 45.5. The molecule has 1 atom stereocenters. The predicted octanol–water partition coefficient (Wildman–Crippen LogP) is 15.4. The maximum absolute atomic E-state index is 12.7. The summed E-state index contributed by atoms with van der Waals surface area (Å²) in [5.74, 6) is -0.421. The van der Waals surface area contributed by atoms with Crippen LogP contribution < -0.4 is 0 Å². The van der Waals surface area contributed by atoms with Crippen LogP contribution in [0, 0.1) is 0 Å². The summed E-state index contributed by atoms with van der Waals surface area (Å²) in [5.41, 5.74) is 0. The number of carbonyl (C=O) groups is 2. The summed E-state index contributed by atoms with van der Waals surface area (Å²) in [7, 11) is 0. The van der Waals surface area contributed by atoms with E-state index in [9.17, 15) is 9.59 Å². The molecule has 0 heterocycles. The van der Waals surface area contributed by atoms with Crippen LogP contribution in [0.2, 0.25) is 0 Å². The third kappa shape index (κ3) is 42.9. The van der Waals surface area contributed by atoms with Gasteiger partial charge in [-0.3, -0.25) is 9.59 Å². The SMILES string of the molecule is CC/C=C\C/C=C\C/C=C\CCCCCC(=O)OCC(COCCCCCCCCCCCCCCCC)OC(=O)CCCCCCCCCCCCC. The fraction of sp³-hybridized carbons (Fsp3) is 0.837. The van der Waals surface area contributed by atoms with Gasteiger partial charge in [0, 0.05) is 19.4 Å². The van der Waals surface area contributed by atoms with Crippen LogP contribution >= 0.6 is 0 Å². The monoisotopic (exact) mass is 759 g/mol. The van der Waals surface area contributed by atoms with E-state index in [0.29, 0.717) is 19.4 Å². The van der Waals surface area contributed by atoms with Gasteiger partial charge in [-0.2, -0.15) is 0 Å². The highest BCUT2D eigenvalue weighted by molar-refractivity contribution is 5.70. The molecular formula is C49H90O5. The van der Waals surface area contributed by atoms with Crippen LogP contribution in [0.3, 0.4) is 0 Å². The van der Waals surface area contributed by atoms with E-state index in [-0.39, 0.29) is 25.2 Å². The molecule has 5 heteroatoms. The van der Waals surface area contributed by atoms with Crippen LogP contribution in [0.15, 0.2) is 36.5 Å². The minimum atomic E-state index is -0.539. The topological polar surface area (TPSA) is 61.8 Å². The summed E-state index contributed by atoms with van der Waals surface area (Å²) >= 11 is 0. The van der Waals surface area contributed by atoms with E-state index in [1.54, 1.807) is 0 Å². The second-order valence-corrected chi connectivity index (χ2v) is 15.6. The van der Waals surface area contributed by atoms with Gasteiger partial charge in [-0.1, -0.05) is 211 Å². The highest BCUT2D eigenvalue weighted by Crippen LogP contribution is 2.15. The number of esters is 2. The van der Waals surface area contributed by atoms with Gasteiger partial charge in [-0.05, 0) is 51.4 Å². The molecule has 0 aromatic heterocycles. The summed E-state index contributed by atoms with van der Waals surface area (Å²) in [5, 5.41) is 0. The van der Waals surface area contributed by atoms with Crippen molar-refractivity contribution in [1.29, 1.82) is 0 Å². The van der Waals surface area contributed by atoms with E-state index in [0.717, 1.165) is 64.2 Å². The lowest BCUT2D eigenvalue weighted by atomic mass is 10.0. The maximum atomic E-state index is 12.7. The van der Waals surface area contributed by atoms with Gasteiger partial charge in [0.25, 0.3) is 0 Å². The Balaban J connectivity index is 4.26. The highest BCUT2D eigenvalue weighted by Gasteiger charge is 2.17. The van der Waals surface area contributed by atoms with Gasteiger partial charge < -0.3 is 14.2 Å². The normalized spacial score (nSPS) is 12.4. The summed E-state index contributed by atoms with van der Waals surface area (Å²) < 4.78 is 17.3. The van der Waals surface area contributed by atoms with E-state index >= 15 is 0 Å². The quantitative estimate of drug-likeness (QED) is 0.0352. The first-order chi connectivity index (χ1) is 26.6. The Morgan fingerprint density at radius 1 is 0.426 bits per heavy atom. The largest absolute Gasteiger partial charge is 0.462 e. The Kier molecular flexibility index (Phi) is 43.9. The minimum absolute atomic E-state index is 0.0755. The number of hydrogen-bond acceptors (Lipinski definition) is 5. The molecule has 0 aliphatic heterocycles. The van der Waals surface area contributed by atoms with Gasteiger partial charge in [0.05, 0.1) is 6.61 Å². The standard InChI is InChI=1S/C49H90O5/c1-4-7-10-13-16-19-22-24-26-29-32-35-38-41-44-52-45-47(54-49(51)43-40-37-34-31-27-21-18-15-12-9-6-3)46-53-48(50)42-39-36-33-30-28-25-23-20-17-14-11-8-5-2/h8,11,17,20,25,28,47H,4-7,9-10,12-16,18-19,21-24,26-27,29-46H2,1-3H3/b11-8-,20-17-,28-25-. The molecule has 0 radical (unpaired) electrons. The first-order valence-corrected chi connectivity index (χ1v) is 23.5. The smallest absolute Gasteiger partial charge is 0.306 e. The Morgan fingerprint density at radius 2 is 0.833 bits per heavy atom. The second-order valence-electron chi connectivity index (χ2n) is 15.6. The van der Waals surface area contributed by atoms with Crippen LogP contribution in [0.5, 0.6) is 0 Å². The van der Waals surface area contributed by atoms with Crippen molar-refractivity contribution >= 4 is 11.9 Å². The Hall–Kier alpha value is -1.88. The molecule has 0 rings (SSSR count). The molecule has 0 fully saturated rings. The first kappa shape index (κ1) is 52.1. The zero-order valence-electron chi connectivity index (χ0n) is 36.2. The molecule has 0 aliphatic carbocycles. The Bertz CT molecular complexity index is 862. The number of ether oxygens (including phenoxy) is 3. The molecule has 0 amide bonds. The average Bonchev–Trinajstić information content (AvgIpc) is 3.17. The number of hydrogen-bond donors (Lipinski definition) is 0. The Morgan fingerprint density at radius 3 is 1.33 bits per heavy atom. The molecule has 54 heavy (non-hydrogen) atoms. The third-order valence-electron chi connectivity index (χ3n) is 10.2. The maximum Gasteiger partial charge on any atom is 0.306 e. The van der Waals surface area contributed by atoms with Gasteiger partial charge in [-0.15, -0.1) is 0 Å². The van der Waals surface area contributed by atoms with Crippen molar-refractivity contribution in [3.05, 3.63) is 36.5 Å². The summed E-state index contributed by atoms with van der Waals surface area (Å²) in [6.45, 7) is 7.71. The molecule has 0 spiro atoms. The summed E-state index contributed by atoms with van der Waals surface area (Å²) in [6, 6.07) is 0. The van der Waals surface area contributed by atoms with Crippen LogP contribution in [0.25, 0.3) is 0 Å². The molecule has 0 bridgehead atoms. The molecule has 0 aromatic rings. The summed E-state index contributed by atoms with van der Waals surface area (Å²) in [4.78, 5) is 25.2. The lowest BCUT2D eigenvalue weighted by molar-refractivity contribution is -0.163. The molecule has 0 aromatic carbocycles. The van der Waals surface area contributed by atoms with Crippen LogP contribution in [0.4, 0.5) is 0 Å². The molecule has 0 aliphatic rings. The molecule has 0 N–H and O–H groups in total. The number of unbranched alkanes of at least 4 members (excludes halogenated alkanes) is 26. The number of carbonyl (C=O) groups excluding carboxylic acids is 2. The van der Waals surface area contributed by atoms with E-state index < -0.39 is 6.10 Å². The van der Waals surface area contributed by atoms with Crippen molar-refractivity contribution < 1.29 is 23.8 Å². The van der Waals surface area contributed by atoms with Crippen molar-refractivity contribution in [3.8, 4) is 0 Å². The zero-order chi connectivity index (χ0) is 39.3. The number of rotatable bonds is 43. The molecular weight excluding hydrogens is 669 g/mol. The number of allylic oxidation sites excluding steroid dienone is 6. The lowest BCUT2D eigenvalue weighted by Gasteiger charge is -2.18. The van der Waals surface area contributed by atoms with Crippen molar-refractivity contribution in [3.63, 3.8) is 0 Å².